The fraction of sp³-hybridized carbons (Fsp3) is 0.629. The zero-order chi connectivity index (χ0) is 29.6. The van der Waals surface area contributed by atoms with Crippen molar-refractivity contribution in [3.8, 4) is 0 Å². The van der Waals surface area contributed by atoms with Crippen LogP contribution in [0.1, 0.15) is 90.5 Å². The van der Waals surface area contributed by atoms with Gasteiger partial charge in [0.25, 0.3) is 0 Å². The molecule has 5 aliphatic rings. The largest absolute Gasteiger partial charge is 0.359 e. The van der Waals surface area contributed by atoms with Crippen LogP contribution in [0.2, 0.25) is 0 Å². The van der Waals surface area contributed by atoms with E-state index in [4.69, 9.17) is 4.74 Å². The lowest BCUT2D eigenvalue weighted by molar-refractivity contribution is -0.141. The van der Waals surface area contributed by atoms with Crippen LogP contribution in [0.15, 0.2) is 48.1 Å². The number of ether oxygens (including phenoxy) is 1. The molecule has 6 rings (SSSR count). The summed E-state index contributed by atoms with van der Waals surface area (Å²) in [5.41, 5.74) is 2.13. The number of benzene rings is 1. The van der Waals surface area contributed by atoms with Gasteiger partial charge in [-0.2, -0.15) is 0 Å². The minimum Gasteiger partial charge on any atom is -0.359 e. The lowest BCUT2D eigenvalue weighted by atomic mass is 9.73. The molecule has 3 fully saturated rings. The van der Waals surface area contributed by atoms with Crippen LogP contribution < -0.4 is 10.6 Å². The van der Waals surface area contributed by atoms with Crippen molar-refractivity contribution >= 4 is 23.4 Å². The molecule has 7 nitrogen and oxygen atoms in total. The molecule has 1 spiro atoms. The highest BCUT2D eigenvalue weighted by Crippen LogP contribution is 2.55. The Kier molecular flexibility index (Phi) is 8.07. The van der Waals surface area contributed by atoms with Gasteiger partial charge in [-0.1, -0.05) is 76.5 Å². The highest BCUT2D eigenvalue weighted by Gasteiger charge is 2.72. The standard InChI is InChI=1S/C35H47N3O4/c1-21(2)25-13-15-26(16-14-25)36-32(39)29-28-17-19-35(42-28)30(29)34(41)38(20-18-24-10-6-5-7-11-24)31(35)33(40)37-27-12-8-9-22(3)23(27)4/h10,13-17,19,21-23,27-31H,5-9,11-12,18,20H2,1-4H3,(H,36,39)(H,37,40)/t22-,23-,27+,28+,29-,30+,31+,35+/m0/s1. The number of likely N-dealkylation sites (tertiary alicyclic amines) is 1. The first kappa shape index (κ1) is 29.2. The van der Waals surface area contributed by atoms with E-state index in [1.165, 1.54) is 30.4 Å². The van der Waals surface area contributed by atoms with Crippen LogP contribution in [-0.2, 0) is 19.1 Å². The Balaban J connectivity index is 1.27. The Labute approximate surface area is 250 Å². The summed E-state index contributed by atoms with van der Waals surface area (Å²) >= 11 is 0. The Hall–Kier alpha value is -2.93. The van der Waals surface area contributed by atoms with E-state index in [2.05, 4.69) is 44.4 Å². The van der Waals surface area contributed by atoms with Gasteiger partial charge in [-0.15, -0.1) is 0 Å². The number of carbonyl (C=O) groups excluding carboxylic acids is 3. The summed E-state index contributed by atoms with van der Waals surface area (Å²) < 4.78 is 6.56. The summed E-state index contributed by atoms with van der Waals surface area (Å²) in [6.07, 6.45) is 14.0. The van der Waals surface area contributed by atoms with Crippen molar-refractivity contribution in [3.63, 3.8) is 0 Å². The topological polar surface area (TPSA) is 87.7 Å². The molecule has 3 heterocycles. The molecule has 3 amide bonds. The number of nitrogens with zero attached hydrogens (tertiary/aromatic N) is 1. The summed E-state index contributed by atoms with van der Waals surface area (Å²) in [6, 6.07) is 7.16. The minimum atomic E-state index is -1.13. The zero-order valence-corrected chi connectivity index (χ0v) is 25.6. The van der Waals surface area contributed by atoms with Crippen LogP contribution in [0.5, 0.6) is 0 Å². The molecule has 8 atom stereocenters. The number of rotatable bonds is 8. The smallest absolute Gasteiger partial charge is 0.246 e. The maximum atomic E-state index is 14.3. The predicted octanol–water partition coefficient (Wildman–Crippen LogP) is 5.73. The van der Waals surface area contributed by atoms with Crippen molar-refractivity contribution in [1.29, 1.82) is 0 Å². The second-order valence-electron chi connectivity index (χ2n) is 13.7. The van der Waals surface area contributed by atoms with Gasteiger partial charge in [0, 0.05) is 18.3 Å². The van der Waals surface area contributed by atoms with E-state index in [-0.39, 0.29) is 23.8 Å². The Bertz CT molecular complexity index is 1270. The van der Waals surface area contributed by atoms with E-state index >= 15 is 0 Å². The third-order valence-corrected chi connectivity index (χ3v) is 10.9. The average molecular weight is 574 g/mol. The molecule has 2 N–H and O–H groups in total. The van der Waals surface area contributed by atoms with Crippen LogP contribution in [0.25, 0.3) is 0 Å². The van der Waals surface area contributed by atoms with Crippen LogP contribution in [-0.4, -0.2) is 53.0 Å². The van der Waals surface area contributed by atoms with Crippen molar-refractivity contribution in [2.75, 3.05) is 11.9 Å². The van der Waals surface area contributed by atoms with Gasteiger partial charge in [0.1, 0.15) is 11.6 Å². The SMILES string of the molecule is CC(C)c1ccc(NC(=O)[C@H]2[C@H]3C=C[C@@]4(O3)[C@H]2C(=O)N(CCC2=CCCCC2)[C@@H]4C(=O)N[C@@H]2CCC[C@H](C)[C@@H]2C)cc1. The first-order valence-electron chi connectivity index (χ1n) is 16.3. The van der Waals surface area contributed by atoms with Crippen molar-refractivity contribution < 1.29 is 19.1 Å². The minimum absolute atomic E-state index is 0.0743. The van der Waals surface area contributed by atoms with Crippen LogP contribution >= 0.6 is 0 Å². The summed E-state index contributed by atoms with van der Waals surface area (Å²) in [7, 11) is 0. The van der Waals surface area contributed by atoms with Crippen LogP contribution in [0.3, 0.4) is 0 Å². The maximum absolute atomic E-state index is 14.3. The molecule has 3 aliphatic heterocycles. The molecule has 2 bridgehead atoms. The Morgan fingerprint density at radius 2 is 1.86 bits per heavy atom. The van der Waals surface area contributed by atoms with Gasteiger partial charge >= 0.3 is 0 Å². The summed E-state index contributed by atoms with van der Waals surface area (Å²) in [6.45, 7) is 9.21. The molecule has 1 saturated carbocycles. The molecule has 226 valence electrons. The molecule has 1 aromatic carbocycles. The van der Waals surface area contributed by atoms with E-state index in [0.29, 0.717) is 30.0 Å². The molecular formula is C35H47N3O4. The number of anilines is 1. The highest BCUT2D eigenvalue weighted by molar-refractivity contribution is 6.02. The van der Waals surface area contributed by atoms with Gasteiger partial charge in [0.05, 0.1) is 17.9 Å². The molecule has 2 saturated heterocycles. The van der Waals surface area contributed by atoms with Gasteiger partial charge in [0.2, 0.25) is 17.7 Å². The normalized spacial score (nSPS) is 35.4. The van der Waals surface area contributed by atoms with Crippen LogP contribution in [0.4, 0.5) is 5.69 Å². The van der Waals surface area contributed by atoms with Crippen molar-refractivity contribution in [1.82, 2.24) is 10.2 Å². The molecule has 0 radical (unpaired) electrons. The number of nitrogens with one attached hydrogen (secondary N) is 2. The zero-order valence-electron chi connectivity index (χ0n) is 25.6. The Morgan fingerprint density at radius 3 is 2.57 bits per heavy atom. The molecular weight excluding hydrogens is 526 g/mol. The van der Waals surface area contributed by atoms with E-state index in [1.807, 2.05) is 36.4 Å². The van der Waals surface area contributed by atoms with E-state index in [0.717, 1.165) is 32.1 Å². The summed E-state index contributed by atoms with van der Waals surface area (Å²) in [4.78, 5) is 44.0. The molecule has 0 aromatic heterocycles. The Morgan fingerprint density at radius 1 is 1.07 bits per heavy atom. The second kappa shape index (κ2) is 11.6. The lowest BCUT2D eigenvalue weighted by Gasteiger charge is -2.38. The van der Waals surface area contributed by atoms with Gasteiger partial charge < -0.3 is 20.3 Å². The van der Waals surface area contributed by atoms with Crippen molar-refractivity contribution in [3.05, 3.63) is 53.6 Å². The van der Waals surface area contributed by atoms with Gasteiger partial charge in [0.15, 0.2) is 0 Å². The lowest BCUT2D eigenvalue weighted by Crippen LogP contribution is -2.58. The number of fused-ring (bicyclic) bond motifs is 1. The molecule has 42 heavy (non-hydrogen) atoms. The second-order valence-corrected chi connectivity index (χ2v) is 13.7. The monoisotopic (exact) mass is 573 g/mol. The number of carbonyl (C=O) groups is 3. The van der Waals surface area contributed by atoms with Gasteiger partial charge in [-0.05, 0) is 74.0 Å². The molecule has 0 unspecified atom stereocenters. The van der Waals surface area contributed by atoms with Crippen LogP contribution in [0, 0.1) is 23.7 Å². The molecule has 7 heteroatoms. The highest BCUT2D eigenvalue weighted by atomic mass is 16.5. The fourth-order valence-electron chi connectivity index (χ4n) is 8.13. The number of amides is 3. The fourth-order valence-corrected chi connectivity index (χ4v) is 8.13. The van der Waals surface area contributed by atoms with Crippen molar-refractivity contribution in [2.24, 2.45) is 23.7 Å². The number of hydrogen-bond acceptors (Lipinski definition) is 4. The quantitative estimate of drug-likeness (QED) is 0.389. The van der Waals surface area contributed by atoms with Gasteiger partial charge in [-0.25, -0.2) is 0 Å². The number of allylic oxidation sites excluding steroid dienone is 1. The van der Waals surface area contributed by atoms with E-state index in [1.54, 1.807) is 4.90 Å². The van der Waals surface area contributed by atoms with E-state index in [9.17, 15) is 14.4 Å². The summed E-state index contributed by atoms with van der Waals surface area (Å²) in [5, 5.41) is 6.41. The first-order valence-corrected chi connectivity index (χ1v) is 16.3. The first-order chi connectivity index (χ1) is 20.2. The van der Waals surface area contributed by atoms with Crippen molar-refractivity contribution in [2.45, 2.75) is 109 Å². The van der Waals surface area contributed by atoms with Gasteiger partial charge in [-0.3, -0.25) is 14.4 Å². The maximum Gasteiger partial charge on any atom is 0.246 e. The average Bonchev–Trinajstić information content (AvgIpc) is 3.62. The number of hydrogen-bond donors (Lipinski definition) is 2. The molecule has 2 aliphatic carbocycles. The third-order valence-electron chi connectivity index (χ3n) is 10.9. The molecule has 1 aromatic rings. The van der Waals surface area contributed by atoms with E-state index < -0.39 is 29.6 Å². The summed E-state index contributed by atoms with van der Waals surface area (Å²) in [5.74, 6) is -0.623. The third kappa shape index (κ3) is 5.12. The predicted molar refractivity (Wildman–Crippen MR) is 164 cm³/mol.